The topological polar surface area (TPSA) is 37.8 Å². The van der Waals surface area contributed by atoms with E-state index in [1.54, 1.807) is 0 Å². The number of nitrogens with zero attached hydrogens (tertiary/aromatic N) is 2. The first kappa shape index (κ1) is 14.2. The van der Waals surface area contributed by atoms with Gasteiger partial charge in [0, 0.05) is 41.2 Å². The normalized spacial score (nSPS) is 12.3. The number of aromatic nitrogens is 2. The van der Waals surface area contributed by atoms with Gasteiger partial charge in [-0.15, -0.1) is 0 Å². The van der Waals surface area contributed by atoms with Crippen LogP contribution < -0.4 is 5.32 Å². The number of rotatable bonds is 6. The van der Waals surface area contributed by atoms with Crippen molar-refractivity contribution in [1.29, 1.82) is 0 Å². The van der Waals surface area contributed by atoms with Crippen LogP contribution in [-0.2, 0) is 12.8 Å². The second-order valence-electron chi connectivity index (χ2n) is 4.49. The minimum Gasteiger partial charge on any atom is -0.314 e. The monoisotopic (exact) mass is 319 g/mol. The molecule has 2 heterocycles. The van der Waals surface area contributed by atoms with Gasteiger partial charge in [-0.1, -0.05) is 13.0 Å². The van der Waals surface area contributed by atoms with Crippen molar-refractivity contribution < 1.29 is 0 Å². The van der Waals surface area contributed by atoms with Crippen LogP contribution in [0.15, 0.2) is 47.3 Å². The van der Waals surface area contributed by atoms with Crippen molar-refractivity contribution in [2.75, 3.05) is 6.54 Å². The van der Waals surface area contributed by atoms with Crippen molar-refractivity contribution >= 4 is 15.9 Å². The summed E-state index contributed by atoms with van der Waals surface area (Å²) in [6.07, 6.45) is 7.49. The van der Waals surface area contributed by atoms with Gasteiger partial charge in [-0.2, -0.15) is 0 Å². The lowest BCUT2D eigenvalue weighted by molar-refractivity contribution is 0.516. The molecule has 2 aromatic rings. The Balaban J connectivity index is 2.01. The van der Waals surface area contributed by atoms with Gasteiger partial charge in [0.1, 0.15) is 0 Å². The number of pyridine rings is 2. The predicted molar refractivity (Wildman–Crippen MR) is 81.0 cm³/mol. The minimum atomic E-state index is 0.392. The summed E-state index contributed by atoms with van der Waals surface area (Å²) in [7, 11) is 0. The molecule has 0 fully saturated rings. The first-order chi connectivity index (χ1) is 9.28. The smallest absolute Gasteiger partial charge is 0.0420 e. The fourth-order valence-corrected chi connectivity index (χ4v) is 2.32. The van der Waals surface area contributed by atoms with Gasteiger partial charge in [0.2, 0.25) is 0 Å². The van der Waals surface area contributed by atoms with E-state index in [1.165, 1.54) is 5.56 Å². The SMILES string of the molecule is CCNC(Cc1cccnc1)Cc1ccc(Br)cn1. The molecule has 0 aromatic carbocycles. The second kappa shape index (κ2) is 7.36. The largest absolute Gasteiger partial charge is 0.314 e. The zero-order chi connectivity index (χ0) is 13.5. The van der Waals surface area contributed by atoms with Gasteiger partial charge in [0.05, 0.1) is 0 Å². The number of nitrogens with one attached hydrogen (secondary N) is 1. The highest BCUT2D eigenvalue weighted by Gasteiger charge is 2.10. The van der Waals surface area contributed by atoms with E-state index in [0.29, 0.717) is 6.04 Å². The Morgan fingerprint density at radius 3 is 2.74 bits per heavy atom. The molecule has 2 rings (SSSR count). The van der Waals surface area contributed by atoms with Crippen LogP contribution in [0.5, 0.6) is 0 Å². The van der Waals surface area contributed by atoms with Gasteiger partial charge < -0.3 is 5.32 Å². The van der Waals surface area contributed by atoms with Crippen LogP contribution in [0, 0.1) is 0 Å². The molecular formula is C15H18BrN3. The van der Waals surface area contributed by atoms with E-state index in [-0.39, 0.29) is 0 Å². The molecule has 0 bridgehead atoms. The first-order valence-electron chi connectivity index (χ1n) is 6.50. The molecule has 2 aromatic heterocycles. The molecule has 1 atom stereocenters. The Labute approximate surface area is 122 Å². The maximum absolute atomic E-state index is 4.44. The third kappa shape index (κ3) is 4.73. The Morgan fingerprint density at radius 2 is 2.11 bits per heavy atom. The summed E-state index contributed by atoms with van der Waals surface area (Å²) >= 11 is 3.41. The zero-order valence-electron chi connectivity index (χ0n) is 11.0. The van der Waals surface area contributed by atoms with E-state index in [4.69, 9.17) is 0 Å². The van der Waals surface area contributed by atoms with Crippen LogP contribution >= 0.6 is 15.9 Å². The Morgan fingerprint density at radius 1 is 1.21 bits per heavy atom. The lowest BCUT2D eigenvalue weighted by atomic mass is 10.0. The van der Waals surface area contributed by atoms with Gasteiger partial charge in [0.15, 0.2) is 0 Å². The maximum atomic E-state index is 4.44. The van der Waals surface area contributed by atoms with Crippen molar-refractivity contribution in [2.45, 2.75) is 25.8 Å². The van der Waals surface area contributed by atoms with E-state index < -0.39 is 0 Å². The van der Waals surface area contributed by atoms with E-state index in [0.717, 1.165) is 29.6 Å². The molecule has 0 aliphatic rings. The van der Waals surface area contributed by atoms with Crippen LogP contribution in [0.3, 0.4) is 0 Å². The fourth-order valence-electron chi connectivity index (χ4n) is 2.09. The quantitative estimate of drug-likeness (QED) is 0.889. The molecule has 0 saturated heterocycles. The third-order valence-electron chi connectivity index (χ3n) is 2.94. The van der Waals surface area contributed by atoms with E-state index >= 15 is 0 Å². The van der Waals surface area contributed by atoms with Gasteiger partial charge in [-0.05, 0) is 52.7 Å². The summed E-state index contributed by atoms with van der Waals surface area (Å²) in [6, 6.07) is 8.60. The molecule has 0 spiro atoms. The van der Waals surface area contributed by atoms with Crippen LogP contribution in [-0.4, -0.2) is 22.6 Å². The summed E-state index contributed by atoms with van der Waals surface area (Å²) in [6.45, 7) is 3.09. The highest BCUT2D eigenvalue weighted by atomic mass is 79.9. The molecule has 0 saturated carbocycles. The third-order valence-corrected chi connectivity index (χ3v) is 3.41. The summed E-state index contributed by atoms with van der Waals surface area (Å²) in [4.78, 5) is 8.61. The Hall–Kier alpha value is -1.26. The average molecular weight is 320 g/mol. The second-order valence-corrected chi connectivity index (χ2v) is 5.41. The molecule has 0 aliphatic carbocycles. The molecule has 4 heteroatoms. The van der Waals surface area contributed by atoms with Crippen molar-refractivity contribution in [3.63, 3.8) is 0 Å². The van der Waals surface area contributed by atoms with Crippen LogP contribution in [0.4, 0.5) is 0 Å². The zero-order valence-corrected chi connectivity index (χ0v) is 12.6. The lowest BCUT2D eigenvalue weighted by Gasteiger charge is -2.17. The standard InChI is InChI=1S/C15H18BrN3/c1-2-18-15(8-12-4-3-7-17-10-12)9-14-6-5-13(16)11-19-14/h3-7,10-11,15,18H,2,8-9H2,1H3. The molecule has 3 nitrogen and oxygen atoms in total. The minimum absolute atomic E-state index is 0.392. The molecular weight excluding hydrogens is 302 g/mol. The van der Waals surface area contributed by atoms with E-state index in [1.807, 2.05) is 30.7 Å². The molecule has 1 N–H and O–H groups in total. The van der Waals surface area contributed by atoms with Crippen molar-refractivity contribution in [3.05, 3.63) is 58.6 Å². The van der Waals surface area contributed by atoms with Crippen LogP contribution in [0.1, 0.15) is 18.2 Å². The van der Waals surface area contributed by atoms with Crippen molar-refractivity contribution in [3.8, 4) is 0 Å². The summed E-state index contributed by atoms with van der Waals surface area (Å²) in [5.41, 5.74) is 2.36. The fraction of sp³-hybridized carbons (Fsp3) is 0.333. The maximum Gasteiger partial charge on any atom is 0.0420 e. The number of likely N-dealkylation sites (N-methyl/N-ethyl adjacent to an activating group) is 1. The molecule has 100 valence electrons. The number of hydrogen-bond donors (Lipinski definition) is 1. The molecule has 19 heavy (non-hydrogen) atoms. The number of halogens is 1. The number of hydrogen-bond acceptors (Lipinski definition) is 3. The summed E-state index contributed by atoms with van der Waals surface area (Å²) < 4.78 is 1.02. The summed E-state index contributed by atoms with van der Waals surface area (Å²) in [5, 5.41) is 3.51. The molecule has 1 unspecified atom stereocenters. The lowest BCUT2D eigenvalue weighted by Crippen LogP contribution is -2.33. The molecule has 0 aliphatic heterocycles. The van der Waals surface area contributed by atoms with E-state index in [9.17, 15) is 0 Å². The van der Waals surface area contributed by atoms with Crippen molar-refractivity contribution in [1.82, 2.24) is 15.3 Å². The van der Waals surface area contributed by atoms with Gasteiger partial charge in [-0.25, -0.2) is 0 Å². The molecule has 0 radical (unpaired) electrons. The predicted octanol–water partition coefficient (Wildman–Crippen LogP) is 3.00. The van der Waals surface area contributed by atoms with Crippen LogP contribution in [0.2, 0.25) is 0 Å². The Kier molecular flexibility index (Phi) is 5.48. The summed E-state index contributed by atoms with van der Waals surface area (Å²) in [5.74, 6) is 0. The van der Waals surface area contributed by atoms with Gasteiger partial charge in [0.25, 0.3) is 0 Å². The molecule has 0 amide bonds. The van der Waals surface area contributed by atoms with Crippen LogP contribution in [0.25, 0.3) is 0 Å². The van der Waals surface area contributed by atoms with E-state index in [2.05, 4.69) is 50.3 Å². The van der Waals surface area contributed by atoms with Crippen molar-refractivity contribution in [2.24, 2.45) is 0 Å². The first-order valence-corrected chi connectivity index (χ1v) is 7.30. The average Bonchev–Trinajstić information content (AvgIpc) is 2.43. The highest BCUT2D eigenvalue weighted by Crippen LogP contribution is 2.11. The van der Waals surface area contributed by atoms with Gasteiger partial charge >= 0.3 is 0 Å². The highest BCUT2D eigenvalue weighted by molar-refractivity contribution is 9.10. The van der Waals surface area contributed by atoms with Gasteiger partial charge in [-0.3, -0.25) is 9.97 Å². The Bertz CT molecular complexity index is 485.